The van der Waals surface area contributed by atoms with Gasteiger partial charge in [0.2, 0.25) is 0 Å². The summed E-state index contributed by atoms with van der Waals surface area (Å²) in [5.41, 5.74) is 0. The van der Waals surface area contributed by atoms with Crippen LogP contribution in [-0.2, 0) is 4.79 Å². The van der Waals surface area contributed by atoms with Crippen LogP contribution >= 0.6 is 11.8 Å². The van der Waals surface area contributed by atoms with Crippen molar-refractivity contribution in [1.29, 1.82) is 0 Å². The number of carbonyl (C=O) groups excluding carboxylic acids is 1. The molecule has 5 nitrogen and oxygen atoms in total. The van der Waals surface area contributed by atoms with Gasteiger partial charge in [-0.15, -0.1) is 11.8 Å². The van der Waals surface area contributed by atoms with Crippen molar-refractivity contribution in [2.24, 2.45) is 5.92 Å². The quantitative estimate of drug-likeness (QED) is 0.803. The average molecular weight is 272 g/mol. The number of thioether (sulfide) groups is 1. The van der Waals surface area contributed by atoms with E-state index in [9.17, 15) is 9.59 Å². The van der Waals surface area contributed by atoms with E-state index in [1.165, 1.54) is 23.1 Å². The Morgan fingerprint density at radius 1 is 1.39 bits per heavy atom. The highest BCUT2D eigenvalue weighted by Gasteiger charge is 2.35. The zero-order valence-electron chi connectivity index (χ0n) is 10.6. The molecular weight excluding hydrogens is 252 g/mol. The van der Waals surface area contributed by atoms with E-state index in [0.29, 0.717) is 17.5 Å². The summed E-state index contributed by atoms with van der Waals surface area (Å²) in [4.78, 5) is 24.5. The fourth-order valence-electron chi connectivity index (χ4n) is 2.67. The fraction of sp³-hybridized carbons (Fsp3) is 0.833. The molecule has 2 aliphatic rings. The van der Waals surface area contributed by atoms with Crippen LogP contribution in [0.25, 0.3) is 0 Å². The number of hydrogen-bond donors (Lipinski definition) is 2. The summed E-state index contributed by atoms with van der Waals surface area (Å²) >= 11 is 1.49. The molecule has 0 aromatic heterocycles. The second kappa shape index (κ2) is 5.82. The molecule has 1 heterocycles. The standard InChI is InChI=1S/C12H20N2O3S/c1-8-3-2-4-9(5-8)13-12(17)14-7-18-6-10(14)11(15)16/h8-10H,2-7H2,1H3,(H,13,17)(H,15,16)/t8?,9?,10-/m0/s1. The van der Waals surface area contributed by atoms with E-state index in [4.69, 9.17) is 5.11 Å². The molecular formula is C12H20N2O3S. The molecule has 1 saturated carbocycles. The lowest BCUT2D eigenvalue weighted by Crippen LogP contribution is -2.50. The van der Waals surface area contributed by atoms with Crippen molar-refractivity contribution in [2.45, 2.75) is 44.7 Å². The van der Waals surface area contributed by atoms with Gasteiger partial charge >= 0.3 is 12.0 Å². The number of amides is 2. The van der Waals surface area contributed by atoms with Gasteiger partial charge in [-0.25, -0.2) is 9.59 Å². The molecule has 1 aliphatic heterocycles. The lowest BCUT2D eigenvalue weighted by atomic mass is 9.87. The van der Waals surface area contributed by atoms with Crippen LogP contribution in [0.4, 0.5) is 4.79 Å². The summed E-state index contributed by atoms with van der Waals surface area (Å²) in [6.45, 7) is 2.20. The van der Waals surface area contributed by atoms with Crippen molar-refractivity contribution in [1.82, 2.24) is 10.2 Å². The summed E-state index contributed by atoms with van der Waals surface area (Å²) < 4.78 is 0. The number of carboxylic acid groups (broad SMARTS) is 1. The number of nitrogens with one attached hydrogen (secondary N) is 1. The molecule has 3 atom stereocenters. The number of urea groups is 1. The lowest BCUT2D eigenvalue weighted by molar-refractivity contribution is -0.140. The Kier molecular flexibility index (Phi) is 4.37. The highest BCUT2D eigenvalue weighted by atomic mass is 32.2. The van der Waals surface area contributed by atoms with Gasteiger partial charge in [-0.1, -0.05) is 19.8 Å². The third-order valence-corrected chi connectivity index (χ3v) is 4.70. The minimum absolute atomic E-state index is 0.210. The zero-order valence-corrected chi connectivity index (χ0v) is 11.4. The van der Waals surface area contributed by atoms with Gasteiger partial charge in [0.25, 0.3) is 0 Å². The van der Waals surface area contributed by atoms with Gasteiger partial charge in [-0.2, -0.15) is 0 Å². The molecule has 2 amide bonds. The van der Waals surface area contributed by atoms with Gasteiger partial charge in [0, 0.05) is 11.8 Å². The van der Waals surface area contributed by atoms with Gasteiger partial charge in [-0.3, -0.25) is 0 Å². The smallest absolute Gasteiger partial charge is 0.327 e. The molecule has 0 spiro atoms. The predicted octanol–water partition coefficient (Wildman–Crippen LogP) is 1.73. The maximum atomic E-state index is 12.1. The molecule has 2 rings (SSSR count). The highest BCUT2D eigenvalue weighted by molar-refractivity contribution is 7.99. The molecule has 0 aromatic rings. The maximum Gasteiger partial charge on any atom is 0.327 e. The second-order valence-corrected chi connectivity index (χ2v) is 6.24. The van der Waals surface area contributed by atoms with E-state index in [2.05, 4.69) is 12.2 Å². The van der Waals surface area contributed by atoms with E-state index in [-0.39, 0.29) is 12.1 Å². The Morgan fingerprint density at radius 3 is 2.83 bits per heavy atom. The van der Waals surface area contributed by atoms with E-state index < -0.39 is 12.0 Å². The van der Waals surface area contributed by atoms with Crippen molar-refractivity contribution in [2.75, 3.05) is 11.6 Å². The predicted molar refractivity (Wildman–Crippen MR) is 70.5 cm³/mol. The number of nitrogens with zero attached hydrogens (tertiary/aromatic N) is 1. The number of aliphatic carboxylic acids is 1. The minimum Gasteiger partial charge on any atom is -0.480 e. The molecule has 0 radical (unpaired) electrons. The number of rotatable bonds is 2. The summed E-state index contributed by atoms with van der Waals surface area (Å²) in [6, 6.07) is -0.677. The van der Waals surface area contributed by atoms with Crippen LogP contribution in [-0.4, -0.2) is 45.7 Å². The van der Waals surface area contributed by atoms with Crippen molar-refractivity contribution >= 4 is 23.8 Å². The first-order chi connectivity index (χ1) is 8.58. The molecule has 102 valence electrons. The van der Waals surface area contributed by atoms with Gasteiger partial charge in [0.15, 0.2) is 0 Å². The van der Waals surface area contributed by atoms with Crippen LogP contribution in [0, 0.1) is 5.92 Å². The van der Waals surface area contributed by atoms with Crippen molar-refractivity contribution in [3.8, 4) is 0 Å². The number of hydrogen-bond acceptors (Lipinski definition) is 3. The monoisotopic (exact) mass is 272 g/mol. The summed E-state index contributed by atoms with van der Waals surface area (Å²) in [6.07, 6.45) is 4.38. The zero-order chi connectivity index (χ0) is 13.1. The van der Waals surface area contributed by atoms with Crippen LogP contribution in [0.15, 0.2) is 0 Å². The number of carboxylic acids is 1. The molecule has 18 heavy (non-hydrogen) atoms. The Hall–Kier alpha value is -0.910. The summed E-state index contributed by atoms with van der Waals surface area (Å²) in [5.74, 6) is 0.703. The molecule has 1 saturated heterocycles. The third-order valence-electron chi connectivity index (χ3n) is 3.69. The molecule has 1 aliphatic carbocycles. The van der Waals surface area contributed by atoms with Gasteiger partial charge in [0.1, 0.15) is 6.04 Å². The highest BCUT2D eigenvalue weighted by Crippen LogP contribution is 2.25. The molecule has 6 heteroatoms. The SMILES string of the molecule is CC1CCCC(NC(=O)N2CSC[C@H]2C(=O)O)C1. The Bertz CT molecular complexity index is 337. The van der Waals surface area contributed by atoms with Crippen LogP contribution < -0.4 is 5.32 Å². The van der Waals surface area contributed by atoms with Gasteiger partial charge < -0.3 is 15.3 Å². The van der Waals surface area contributed by atoms with Crippen molar-refractivity contribution in [3.05, 3.63) is 0 Å². The normalized spacial score (nSPS) is 32.3. The van der Waals surface area contributed by atoms with Gasteiger partial charge in [-0.05, 0) is 18.8 Å². The molecule has 2 N–H and O–H groups in total. The third kappa shape index (κ3) is 3.10. The van der Waals surface area contributed by atoms with Crippen LogP contribution in [0.5, 0.6) is 0 Å². The number of carbonyl (C=O) groups is 2. The minimum atomic E-state index is -0.910. The first kappa shape index (κ1) is 13.5. The van der Waals surface area contributed by atoms with Crippen LogP contribution in [0.1, 0.15) is 32.6 Å². The molecule has 2 unspecified atom stereocenters. The van der Waals surface area contributed by atoms with Gasteiger partial charge in [0.05, 0.1) is 5.88 Å². The first-order valence-corrected chi connectivity index (χ1v) is 7.61. The van der Waals surface area contributed by atoms with Crippen molar-refractivity contribution in [3.63, 3.8) is 0 Å². The topological polar surface area (TPSA) is 69.6 Å². The van der Waals surface area contributed by atoms with Crippen LogP contribution in [0.3, 0.4) is 0 Å². The largest absolute Gasteiger partial charge is 0.480 e. The summed E-state index contributed by atoms with van der Waals surface area (Å²) in [5, 5.41) is 12.0. The van der Waals surface area contributed by atoms with Crippen LogP contribution in [0.2, 0.25) is 0 Å². The van der Waals surface area contributed by atoms with E-state index in [1.807, 2.05) is 0 Å². The second-order valence-electron chi connectivity index (χ2n) is 5.24. The Labute approximate surface area is 111 Å². The maximum absolute atomic E-state index is 12.1. The average Bonchev–Trinajstić information content (AvgIpc) is 2.77. The Balaban J connectivity index is 1.89. The fourth-order valence-corrected chi connectivity index (χ4v) is 3.82. The molecule has 2 fully saturated rings. The van der Waals surface area contributed by atoms with E-state index in [1.54, 1.807) is 0 Å². The van der Waals surface area contributed by atoms with E-state index >= 15 is 0 Å². The Morgan fingerprint density at radius 2 is 2.17 bits per heavy atom. The molecule has 0 bridgehead atoms. The summed E-state index contributed by atoms with van der Waals surface area (Å²) in [7, 11) is 0. The first-order valence-electron chi connectivity index (χ1n) is 6.45. The van der Waals surface area contributed by atoms with Crippen molar-refractivity contribution < 1.29 is 14.7 Å². The van der Waals surface area contributed by atoms with E-state index in [0.717, 1.165) is 19.3 Å². The molecule has 0 aromatic carbocycles. The lowest BCUT2D eigenvalue weighted by Gasteiger charge is -2.30.